The molecule has 0 aromatic heterocycles. The van der Waals surface area contributed by atoms with Crippen molar-refractivity contribution in [3.8, 4) is 5.75 Å². The van der Waals surface area contributed by atoms with E-state index >= 15 is 0 Å². The number of phenolic OH excluding ortho intramolecular Hbond substituents is 1. The van der Waals surface area contributed by atoms with Crippen LogP contribution in [0.15, 0.2) is 18.2 Å². The first-order valence-electron chi connectivity index (χ1n) is 10.1. The van der Waals surface area contributed by atoms with Crippen molar-refractivity contribution < 1.29 is 9.90 Å². The van der Waals surface area contributed by atoms with Crippen LogP contribution in [0.5, 0.6) is 5.75 Å². The van der Waals surface area contributed by atoms with E-state index in [-0.39, 0.29) is 11.3 Å². The lowest BCUT2D eigenvalue weighted by Crippen LogP contribution is -2.65. The fourth-order valence-electron chi connectivity index (χ4n) is 6.36. The van der Waals surface area contributed by atoms with Gasteiger partial charge in [0, 0.05) is 30.3 Å². The predicted octanol–water partition coefficient (Wildman–Crippen LogP) is 3.53. The van der Waals surface area contributed by atoms with Crippen LogP contribution in [-0.2, 0) is 16.6 Å². The van der Waals surface area contributed by atoms with Gasteiger partial charge < -0.3 is 5.11 Å². The molecule has 0 unspecified atom stereocenters. The third-order valence-corrected chi connectivity index (χ3v) is 7.97. The Labute approximate surface area is 150 Å². The van der Waals surface area contributed by atoms with Crippen LogP contribution in [0.3, 0.4) is 0 Å². The molecule has 134 valence electrons. The van der Waals surface area contributed by atoms with Crippen LogP contribution >= 0.6 is 0 Å². The topological polar surface area (TPSA) is 40.5 Å². The zero-order chi connectivity index (χ0) is 17.3. The van der Waals surface area contributed by atoms with Crippen molar-refractivity contribution in [2.24, 2.45) is 23.7 Å². The highest BCUT2D eigenvalue weighted by atomic mass is 16.3. The van der Waals surface area contributed by atoms with Crippen molar-refractivity contribution in [1.82, 2.24) is 4.90 Å². The molecule has 1 saturated heterocycles. The monoisotopic (exact) mass is 339 g/mol. The summed E-state index contributed by atoms with van der Waals surface area (Å²) in [6.07, 6.45) is 5.62. The number of phenols is 1. The van der Waals surface area contributed by atoms with Gasteiger partial charge in [-0.2, -0.15) is 0 Å². The van der Waals surface area contributed by atoms with E-state index in [1.54, 1.807) is 0 Å². The fourth-order valence-corrected chi connectivity index (χ4v) is 6.36. The summed E-state index contributed by atoms with van der Waals surface area (Å²) >= 11 is 0. The van der Waals surface area contributed by atoms with Gasteiger partial charge in [-0.05, 0) is 73.2 Å². The van der Waals surface area contributed by atoms with Crippen molar-refractivity contribution >= 4 is 5.78 Å². The molecular formula is C22H29NO2. The zero-order valence-electron chi connectivity index (χ0n) is 15.4. The van der Waals surface area contributed by atoms with Crippen LogP contribution in [0.2, 0.25) is 0 Å². The maximum absolute atomic E-state index is 12.8. The Morgan fingerprint density at radius 3 is 2.84 bits per heavy atom. The first-order valence-corrected chi connectivity index (χ1v) is 10.1. The largest absolute Gasteiger partial charge is 0.508 e. The summed E-state index contributed by atoms with van der Waals surface area (Å²) in [5.74, 6) is 2.82. The molecule has 1 aromatic rings. The molecule has 1 aromatic carbocycles. The predicted molar refractivity (Wildman–Crippen MR) is 97.6 cm³/mol. The van der Waals surface area contributed by atoms with Gasteiger partial charge in [0.15, 0.2) is 0 Å². The van der Waals surface area contributed by atoms with Gasteiger partial charge in [-0.15, -0.1) is 0 Å². The molecule has 3 nitrogen and oxygen atoms in total. The van der Waals surface area contributed by atoms with E-state index in [2.05, 4.69) is 24.8 Å². The van der Waals surface area contributed by atoms with Crippen LogP contribution in [0.4, 0.5) is 0 Å². The number of piperidine rings is 1. The molecule has 3 aliphatic carbocycles. The third-order valence-electron chi connectivity index (χ3n) is 7.97. The minimum atomic E-state index is -0.0416. The van der Waals surface area contributed by atoms with Gasteiger partial charge in [0.1, 0.15) is 11.5 Å². The normalized spacial score (nSPS) is 40.5. The number of rotatable bonds is 2. The SMILES string of the molecule is C[C@@H]1[C@H]2[C@H]3Cc4ccc(O)cc4[C@@]2(CCN3CC2CC2)CC(=O)[C@H]1C. The number of nitrogens with zero attached hydrogens (tertiary/aromatic N) is 1. The number of carbonyl (C=O) groups excluding carboxylic acids is 1. The molecule has 3 fully saturated rings. The van der Waals surface area contributed by atoms with Crippen molar-refractivity contribution in [3.63, 3.8) is 0 Å². The highest BCUT2D eigenvalue weighted by Gasteiger charge is 2.59. The number of likely N-dealkylation sites (tertiary alicyclic amines) is 1. The van der Waals surface area contributed by atoms with Gasteiger partial charge in [-0.3, -0.25) is 9.69 Å². The van der Waals surface area contributed by atoms with Crippen molar-refractivity contribution in [3.05, 3.63) is 29.3 Å². The highest BCUT2D eigenvalue weighted by molar-refractivity contribution is 5.84. The molecule has 3 heteroatoms. The Morgan fingerprint density at radius 2 is 2.08 bits per heavy atom. The van der Waals surface area contributed by atoms with Gasteiger partial charge in [0.05, 0.1) is 0 Å². The number of carbonyl (C=O) groups is 1. The average molecular weight is 339 g/mol. The van der Waals surface area contributed by atoms with Crippen LogP contribution in [0.25, 0.3) is 0 Å². The Bertz CT molecular complexity index is 725. The van der Waals surface area contributed by atoms with E-state index in [1.165, 1.54) is 30.5 Å². The Kier molecular flexibility index (Phi) is 3.38. The molecule has 5 atom stereocenters. The molecule has 25 heavy (non-hydrogen) atoms. The van der Waals surface area contributed by atoms with Crippen molar-refractivity contribution in [2.45, 2.75) is 57.4 Å². The lowest BCUT2D eigenvalue weighted by atomic mass is 9.47. The maximum Gasteiger partial charge on any atom is 0.136 e. The van der Waals surface area contributed by atoms with Crippen LogP contribution in [0, 0.1) is 23.7 Å². The number of benzene rings is 1. The van der Waals surface area contributed by atoms with E-state index in [1.807, 2.05) is 12.1 Å². The first-order chi connectivity index (χ1) is 12.0. The third kappa shape index (κ3) is 2.24. The van der Waals surface area contributed by atoms with Crippen LogP contribution in [0.1, 0.15) is 50.7 Å². The van der Waals surface area contributed by atoms with Gasteiger partial charge in [0.25, 0.3) is 0 Å². The number of ketones is 1. The van der Waals surface area contributed by atoms with Crippen LogP contribution in [-0.4, -0.2) is 34.9 Å². The number of hydrogen-bond donors (Lipinski definition) is 1. The molecular weight excluding hydrogens is 310 g/mol. The lowest BCUT2D eigenvalue weighted by molar-refractivity contribution is -0.138. The van der Waals surface area contributed by atoms with Crippen molar-refractivity contribution in [1.29, 1.82) is 0 Å². The fraction of sp³-hybridized carbons (Fsp3) is 0.682. The van der Waals surface area contributed by atoms with Gasteiger partial charge >= 0.3 is 0 Å². The second-order valence-corrected chi connectivity index (χ2v) is 9.27. The summed E-state index contributed by atoms with van der Waals surface area (Å²) in [4.78, 5) is 15.6. The Balaban J connectivity index is 1.64. The molecule has 1 heterocycles. The Morgan fingerprint density at radius 1 is 1.28 bits per heavy atom. The summed E-state index contributed by atoms with van der Waals surface area (Å²) < 4.78 is 0. The van der Waals surface area contributed by atoms with E-state index in [4.69, 9.17) is 0 Å². The minimum absolute atomic E-state index is 0.0416. The second kappa shape index (κ2) is 5.33. The molecule has 5 rings (SSSR count). The molecule has 0 spiro atoms. The van der Waals surface area contributed by atoms with Gasteiger partial charge in [0.2, 0.25) is 0 Å². The molecule has 2 bridgehead atoms. The molecule has 1 N–H and O–H groups in total. The average Bonchev–Trinajstić information content (AvgIpc) is 3.40. The maximum atomic E-state index is 12.8. The number of aromatic hydroxyl groups is 1. The van der Waals surface area contributed by atoms with Crippen LogP contribution < -0.4 is 0 Å². The minimum Gasteiger partial charge on any atom is -0.508 e. The highest BCUT2D eigenvalue weighted by Crippen LogP contribution is 2.58. The van der Waals surface area contributed by atoms with E-state index in [0.29, 0.717) is 35.8 Å². The van der Waals surface area contributed by atoms with E-state index in [9.17, 15) is 9.90 Å². The van der Waals surface area contributed by atoms with Crippen molar-refractivity contribution in [2.75, 3.05) is 13.1 Å². The van der Waals surface area contributed by atoms with Gasteiger partial charge in [-0.25, -0.2) is 0 Å². The molecule has 2 saturated carbocycles. The number of fused-ring (bicyclic) bond motifs is 1. The van der Waals surface area contributed by atoms with E-state index in [0.717, 1.165) is 25.3 Å². The number of Topliss-reactive ketones (excluding diaryl/α,β-unsaturated/α-hetero) is 1. The van der Waals surface area contributed by atoms with E-state index < -0.39 is 0 Å². The number of hydrogen-bond acceptors (Lipinski definition) is 3. The first kappa shape index (κ1) is 15.9. The lowest BCUT2D eigenvalue weighted by Gasteiger charge is -2.61. The van der Waals surface area contributed by atoms with Gasteiger partial charge in [-0.1, -0.05) is 19.9 Å². The smallest absolute Gasteiger partial charge is 0.136 e. The molecule has 0 radical (unpaired) electrons. The summed E-state index contributed by atoms with van der Waals surface area (Å²) in [7, 11) is 0. The standard InChI is InChI=1S/C22H29NO2/c1-13-14(2)21-19-9-16-5-6-17(24)10-18(16)22(21,11-20(13)25)7-8-23(19)12-15-3-4-15/h5-6,10,13-15,19,21,24H,3-4,7-9,11-12H2,1-2H3/t13-,14-,19+,21-,22+/m0/s1. The Hall–Kier alpha value is -1.35. The zero-order valence-corrected chi connectivity index (χ0v) is 15.4. The second-order valence-electron chi connectivity index (χ2n) is 9.27. The summed E-state index contributed by atoms with van der Waals surface area (Å²) in [5.41, 5.74) is 2.61. The quantitative estimate of drug-likeness (QED) is 0.896. The molecule has 4 aliphatic rings. The molecule has 0 amide bonds. The molecule has 1 aliphatic heterocycles. The summed E-state index contributed by atoms with van der Waals surface area (Å²) in [6, 6.07) is 6.49. The summed E-state index contributed by atoms with van der Waals surface area (Å²) in [6.45, 7) is 6.81. The summed E-state index contributed by atoms with van der Waals surface area (Å²) in [5, 5.41) is 10.1.